The van der Waals surface area contributed by atoms with Crippen molar-refractivity contribution in [2.45, 2.75) is 5.21 Å². The molecule has 2 aliphatic carbocycles. The van der Waals surface area contributed by atoms with Crippen molar-refractivity contribution in [2.75, 3.05) is 0 Å². The quantitative estimate of drug-likeness (QED) is 0.186. The Kier molecular flexibility index (Phi) is 5.46. The number of pyridine rings is 1. The lowest BCUT2D eigenvalue weighted by atomic mass is 9.50. The van der Waals surface area contributed by atoms with Gasteiger partial charge in [0.2, 0.25) is 0 Å². The molecule has 0 saturated heterocycles. The molecule has 0 spiro atoms. The van der Waals surface area contributed by atoms with Crippen LogP contribution in [-0.4, -0.2) is 20.7 Å². The molecule has 47 heavy (non-hydrogen) atoms. The van der Waals surface area contributed by atoms with Gasteiger partial charge in [0.15, 0.2) is 0 Å². The Morgan fingerprint density at radius 1 is 0.404 bits per heavy atom. The molecule has 2 aliphatic rings. The zero-order chi connectivity index (χ0) is 31.3. The van der Waals surface area contributed by atoms with Gasteiger partial charge in [0.1, 0.15) is 15.7 Å². The summed E-state index contributed by atoms with van der Waals surface area (Å²) in [7, 11) is 4.63. The molecule has 0 radical (unpaired) electrons. The van der Waals surface area contributed by atoms with Crippen LogP contribution < -0.4 is 0 Å². The van der Waals surface area contributed by atoms with Crippen molar-refractivity contribution < 1.29 is 0 Å². The molecule has 3 heteroatoms. The Morgan fingerprint density at radius 3 is 1.68 bits per heavy atom. The number of hydrogen-bond acceptors (Lipinski definition) is 1. The van der Waals surface area contributed by atoms with Crippen molar-refractivity contribution >= 4 is 37.2 Å². The molecule has 10 rings (SSSR count). The van der Waals surface area contributed by atoms with Crippen LogP contribution in [0.25, 0.3) is 88.4 Å². The highest BCUT2D eigenvalue weighted by Crippen LogP contribution is 2.58. The second-order valence-electron chi connectivity index (χ2n) is 13.5. The first-order chi connectivity index (χ1) is 23.1. The highest BCUT2D eigenvalue weighted by Gasteiger charge is 2.36. The van der Waals surface area contributed by atoms with Crippen LogP contribution in [0.3, 0.4) is 0 Å². The largest absolute Gasteiger partial charge is 0.256 e. The van der Waals surface area contributed by atoms with E-state index in [4.69, 9.17) is 4.98 Å². The first kappa shape index (κ1) is 26.5. The van der Waals surface area contributed by atoms with Gasteiger partial charge in [0.25, 0.3) is 0 Å². The molecule has 0 amide bonds. The lowest BCUT2D eigenvalue weighted by Crippen LogP contribution is -2.25. The van der Waals surface area contributed by atoms with Crippen LogP contribution in [0.4, 0.5) is 0 Å². The highest BCUT2D eigenvalue weighted by atomic mass is 14.7. The third kappa shape index (κ3) is 3.60. The topological polar surface area (TPSA) is 12.9 Å². The van der Waals surface area contributed by atoms with Crippen molar-refractivity contribution in [3.63, 3.8) is 0 Å². The summed E-state index contributed by atoms with van der Waals surface area (Å²) < 4.78 is 0. The molecule has 0 saturated carbocycles. The van der Waals surface area contributed by atoms with Crippen LogP contribution in [0.1, 0.15) is 11.1 Å². The average molecular weight is 593 g/mol. The molecule has 216 valence electrons. The Balaban J connectivity index is 1.30. The highest BCUT2D eigenvalue weighted by molar-refractivity contribution is 6.44. The molecular weight excluding hydrogens is 564 g/mol. The van der Waals surface area contributed by atoms with E-state index in [1.165, 1.54) is 93.9 Å². The van der Waals surface area contributed by atoms with Gasteiger partial charge in [-0.2, -0.15) is 0 Å². The fourth-order valence-corrected chi connectivity index (χ4v) is 8.58. The fourth-order valence-electron chi connectivity index (χ4n) is 8.58. The van der Waals surface area contributed by atoms with E-state index in [9.17, 15) is 0 Å². The minimum Gasteiger partial charge on any atom is -0.256 e. The summed E-state index contributed by atoms with van der Waals surface area (Å²) in [5, 5.41) is 5.13. The summed E-state index contributed by atoms with van der Waals surface area (Å²) in [6, 6.07) is 53.8. The fraction of sp³-hybridized carbons (Fsp3) is 0.0227. The molecule has 0 bridgehead atoms. The zero-order valence-corrected chi connectivity index (χ0v) is 26.4. The van der Waals surface area contributed by atoms with Crippen molar-refractivity contribution in [1.82, 2.24) is 4.98 Å². The lowest BCUT2D eigenvalue weighted by Gasteiger charge is -2.21. The maximum atomic E-state index is 4.86. The Labute approximate surface area is 276 Å². The predicted molar refractivity (Wildman–Crippen MR) is 203 cm³/mol. The first-order valence-electron chi connectivity index (χ1n) is 16.5. The normalized spacial score (nSPS) is 13.4. The summed E-state index contributed by atoms with van der Waals surface area (Å²) in [5.74, 6) is 0. The molecule has 1 nitrogen and oxygen atoms in total. The minimum atomic E-state index is -0.0647. The van der Waals surface area contributed by atoms with Gasteiger partial charge in [-0.25, -0.2) is 0 Å². The van der Waals surface area contributed by atoms with E-state index in [2.05, 4.69) is 161 Å². The van der Waals surface area contributed by atoms with Crippen LogP contribution in [0.5, 0.6) is 0 Å². The molecular formula is C44H29B2N. The van der Waals surface area contributed by atoms with Gasteiger partial charge < -0.3 is 0 Å². The van der Waals surface area contributed by atoms with E-state index in [-0.39, 0.29) is 5.21 Å². The molecule has 1 aromatic heterocycles. The van der Waals surface area contributed by atoms with Gasteiger partial charge >= 0.3 is 0 Å². The van der Waals surface area contributed by atoms with Crippen LogP contribution in [0.2, 0.25) is 0 Å². The number of fused-ring (bicyclic) bond motifs is 7. The molecule has 0 unspecified atom stereocenters. The van der Waals surface area contributed by atoms with Crippen molar-refractivity contribution in [1.29, 1.82) is 0 Å². The van der Waals surface area contributed by atoms with Crippen LogP contribution in [0.15, 0.2) is 152 Å². The van der Waals surface area contributed by atoms with E-state index in [0.29, 0.717) is 0 Å². The van der Waals surface area contributed by atoms with Gasteiger partial charge in [-0.3, -0.25) is 4.98 Å². The molecule has 1 heterocycles. The molecule has 0 aliphatic heterocycles. The SMILES string of the molecule is BC1(B)c2ccc(-c3ccc4c5c(cccc35)-c3c-4c(-c4ccccc4)c4ccccc4c3-c3ccccc3)cc2-c2ncccc21. The van der Waals surface area contributed by atoms with Gasteiger partial charge in [-0.05, 0) is 106 Å². The van der Waals surface area contributed by atoms with Crippen molar-refractivity contribution in [3.05, 3.63) is 163 Å². The Hall–Kier alpha value is -5.66. The number of rotatable bonds is 3. The summed E-state index contributed by atoms with van der Waals surface area (Å²) in [5.41, 5.74) is 17.9. The first-order valence-corrected chi connectivity index (χ1v) is 16.5. The average Bonchev–Trinajstić information content (AvgIpc) is 3.57. The van der Waals surface area contributed by atoms with Crippen molar-refractivity contribution in [2.24, 2.45) is 0 Å². The van der Waals surface area contributed by atoms with Crippen LogP contribution >= 0.6 is 0 Å². The summed E-state index contributed by atoms with van der Waals surface area (Å²) in [4.78, 5) is 4.86. The van der Waals surface area contributed by atoms with Crippen molar-refractivity contribution in [3.8, 4) is 66.9 Å². The number of benzene rings is 7. The van der Waals surface area contributed by atoms with Gasteiger partial charge in [-0.1, -0.05) is 133 Å². The van der Waals surface area contributed by atoms with Crippen LogP contribution in [0, 0.1) is 0 Å². The van der Waals surface area contributed by atoms with Gasteiger partial charge in [0.05, 0.1) is 5.69 Å². The van der Waals surface area contributed by atoms with E-state index < -0.39 is 0 Å². The Bertz CT molecular complexity index is 2490. The molecule has 0 fully saturated rings. The summed E-state index contributed by atoms with van der Waals surface area (Å²) in [6.45, 7) is 0. The molecule has 0 atom stereocenters. The molecule has 7 aromatic carbocycles. The monoisotopic (exact) mass is 593 g/mol. The van der Waals surface area contributed by atoms with E-state index in [0.717, 1.165) is 5.69 Å². The van der Waals surface area contributed by atoms with Gasteiger partial charge in [0, 0.05) is 11.8 Å². The van der Waals surface area contributed by atoms with Crippen LogP contribution in [-0.2, 0) is 5.21 Å². The third-order valence-corrected chi connectivity index (χ3v) is 10.7. The second-order valence-corrected chi connectivity index (χ2v) is 13.5. The predicted octanol–water partition coefficient (Wildman–Crippen LogP) is 9.48. The Morgan fingerprint density at radius 2 is 1.00 bits per heavy atom. The van der Waals surface area contributed by atoms with E-state index >= 15 is 0 Å². The maximum absolute atomic E-state index is 4.86. The summed E-state index contributed by atoms with van der Waals surface area (Å²) >= 11 is 0. The molecule has 8 aromatic rings. The molecule has 0 N–H and O–H groups in total. The number of aromatic nitrogens is 1. The smallest absolute Gasteiger partial charge is 0.110 e. The standard InChI is InChI=1S/C44H29B2N/c45-44(46)36-23-20-28(25-35(36)43-37(44)19-10-24-47-43)29-21-22-34-40-30(29)17-9-18-33(40)41-38(26-11-3-1-4-12-26)31-15-7-8-16-32(31)39(42(34)41)27-13-5-2-6-14-27/h1-25H,45-46H2. The van der Waals surface area contributed by atoms with Gasteiger partial charge in [-0.15, -0.1) is 0 Å². The second kappa shape index (κ2) is 9.67. The van der Waals surface area contributed by atoms with E-state index in [1.807, 2.05) is 6.20 Å². The lowest BCUT2D eigenvalue weighted by molar-refractivity contribution is 1.07. The third-order valence-electron chi connectivity index (χ3n) is 10.7. The minimum absolute atomic E-state index is 0.0647. The zero-order valence-electron chi connectivity index (χ0n) is 26.4. The summed E-state index contributed by atoms with van der Waals surface area (Å²) in [6.07, 6.45) is 1.92. The number of nitrogens with zero attached hydrogens (tertiary/aromatic N) is 1. The van der Waals surface area contributed by atoms with E-state index in [1.54, 1.807) is 0 Å². The number of hydrogen-bond donors (Lipinski definition) is 0. The maximum Gasteiger partial charge on any atom is 0.110 e.